The Balaban J connectivity index is 2.57. The van der Waals surface area contributed by atoms with E-state index in [2.05, 4.69) is 33.9 Å². The SMILES string of the molecule is CC(C)(C)OC(=O)CC(C(=O)OC(C)(C)C)/C(=C\c1cccc(OCc2ccccc2)c1OCCO[Si](C)(C)C(C)(C)C)C(N)=O. The summed E-state index contributed by atoms with van der Waals surface area (Å²) in [6.45, 7) is 21.9. The highest BCUT2D eigenvalue weighted by molar-refractivity contribution is 6.74. The third-order valence-corrected chi connectivity index (χ3v) is 11.8. The molecule has 46 heavy (non-hydrogen) atoms. The van der Waals surface area contributed by atoms with Crippen molar-refractivity contribution in [2.75, 3.05) is 13.2 Å². The van der Waals surface area contributed by atoms with Crippen LogP contribution in [0, 0.1) is 5.92 Å². The zero-order chi connectivity index (χ0) is 34.9. The average molecular weight is 656 g/mol. The summed E-state index contributed by atoms with van der Waals surface area (Å²) in [5.74, 6) is -2.89. The molecule has 0 saturated heterocycles. The summed E-state index contributed by atoms with van der Waals surface area (Å²) in [5.41, 5.74) is 5.45. The Labute approximate surface area is 275 Å². The number of hydrogen-bond donors (Lipinski definition) is 1. The molecule has 0 aliphatic carbocycles. The molecule has 1 unspecified atom stereocenters. The summed E-state index contributed by atoms with van der Waals surface area (Å²) in [7, 11) is -2.03. The van der Waals surface area contributed by atoms with Crippen LogP contribution in [-0.2, 0) is 34.9 Å². The van der Waals surface area contributed by atoms with Crippen molar-refractivity contribution in [3.8, 4) is 11.5 Å². The first-order valence-electron chi connectivity index (χ1n) is 15.6. The van der Waals surface area contributed by atoms with Crippen molar-refractivity contribution in [2.24, 2.45) is 11.7 Å². The van der Waals surface area contributed by atoms with Crippen LogP contribution in [0.15, 0.2) is 54.1 Å². The lowest BCUT2D eigenvalue weighted by atomic mass is 9.92. The molecule has 1 amide bonds. The fourth-order valence-electron chi connectivity index (χ4n) is 4.06. The minimum Gasteiger partial charge on any atom is -0.487 e. The molecule has 0 aliphatic rings. The molecule has 254 valence electrons. The fourth-order valence-corrected chi connectivity index (χ4v) is 5.09. The lowest BCUT2D eigenvalue weighted by Gasteiger charge is -2.36. The molecule has 0 bridgehead atoms. The van der Waals surface area contributed by atoms with Gasteiger partial charge in [0.25, 0.3) is 0 Å². The zero-order valence-corrected chi connectivity index (χ0v) is 30.4. The number of carbonyl (C=O) groups excluding carboxylic acids is 3. The molecule has 9 nitrogen and oxygen atoms in total. The van der Waals surface area contributed by atoms with E-state index in [0.717, 1.165) is 5.56 Å². The minimum atomic E-state index is -2.03. The Hall–Kier alpha value is -3.63. The second-order valence-corrected chi connectivity index (χ2v) is 19.6. The van der Waals surface area contributed by atoms with Crippen LogP contribution in [0.2, 0.25) is 18.1 Å². The highest BCUT2D eigenvalue weighted by Gasteiger charge is 2.37. The van der Waals surface area contributed by atoms with Gasteiger partial charge in [-0.1, -0.05) is 63.2 Å². The summed E-state index contributed by atoms with van der Waals surface area (Å²) in [4.78, 5) is 39.3. The molecular weight excluding hydrogens is 602 g/mol. The molecule has 2 aromatic rings. The predicted molar refractivity (Wildman–Crippen MR) is 183 cm³/mol. The van der Waals surface area contributed by atoms with E-state index in [-0.39, 0.29) is 23.8 Å². The van der Waals surface area contributed by atoms with Crippen molar-refractivity contribution in [1.82, 2.24) is 0 Å². The first kappa shape index (κ1) is 38.5. The fraction of sp³-hybridized carbons (Fsp3) is 0.528. The maximum absolute atomic E-state index is 13.4. The van der Waals surface area contributed by atoms with Crippen LogP contribution in [0.5, 0.6) is 11.5 Å². The lowest BCUT2D eigenvalue weighted by Crippen LogP contribution is -2.41. The van der Waals surface area contributed by atoms with Gasteiger partial charge in [-0.15, -0.1) is 0 Å². The monoisotopic (exact) mass is 655 g/mol. The van der Waals surface area contributed by atoms with Crippen molar-refractivity contribution in [3.05, 3.63) is 65.2 Å². The van der Waals surface area contributed by atoms with Crippen LogP contribution < -0.4 is 15.2 Å². The van der Waals surface area contributed by atoms with E-state index in [0.29, 0.717) is 23.7 Å². The normalized spacial score (nSPS) is 13.5. The molecule has 2 rings (SSSR count). The third-order valence-electron chi connectivity index (χ3n) is 7.30. The van der Waals surface area contributed by atoms with Crippen LogP contribution in [0.1, 0.15) is 79.9 Å². The van der Waals surface area contributed by atoms with Crippen molar-refractivity contribution in [2.45, 2.75) is 105 Å². The molecule has 0 fully saturated rings. The van der Waals surface area contributed by atoms with Gasteiger partial charge in [0.15, 0.2) is 19.8 Å². The molecule has 10 heteroatoms. The molecule has 0 aliphatic heterocycles. The molecule has 0 saturated carbocycles. The van der Waals surface area contributed by atoms with Crippen LogP contribution in [0.4, 0.5) is 0 Å². The van der Waals surface area contributed by atoms with Gasteiger partial charge in [0.2, 0.25) is 5.91 Å². The van der Waals surface area contributed by atoms with Gasteiger partial charge in [-0.3, -0.25) is 14.4 Å². The number of hydrogen-bond acceptors (Lipinski definition) is 8. The zero-order valence-electron chi connectivity index (χ0n) is 29.4. The van der Waals surface area contributed by atoms with Crippen molar-refractivity contribution < 1.29 is 37.8 Å². The first-order valence-corrected chi connectivity index (χ1v) is 18.5. The molecule has 0 radical (unpaired) electrons. The Morgan fingerprint density at radius 2 is 1.41 bits per heavy atom. The topological polar surface area (TPSA) is 123 Å². The molecular formula is C36H53NO8Si. The number of rotatable bonds is 14. The van der Waals surface area contributed by atoms with Crippen molar-refractivity contribution in [3.63, 3.8) is 0 Å². The van der Waals surface area contributed by atoms with Crippen molar-refractivity contribution >= 4 is 32.2 Å². The molecule has 0 heterocycles. The second-order valence-electron chi connectivity index (χ2n) is 14.7. The maximum Gasteiger partial charge on any atom is 0.314 e. The Morgan fingerprint density at radius 1 is 0.804 bits per heavy atom. The Kier molecular flexibility index (Phi) is 13.2. The molecule has 1 atom stereocenters. The summed E-state index contributed by atoms with van der Waals surface area (Å²) in [6, 6.07) is 14.9. The maximum atomic E-state index is 13.4. The van der Waals surface area contributed by atoms with E-state index in [1.165, 1.54) is 6.08 Å². The van der Waals surface area contributed by atoms with Gasteiger partial charge in [0.05, 0.1) is 18.9 Å². The summed E-state index contributed by atoms with van der Waals surface area (Å²) in [5, 5.41) is 0.0266. The van der Waals surface area contributed by atoms with E-state index in [4.69, 9.17) is 29.1 Å². The van der Waals surface area contributed by atoms with Gasteiger partial charge >= 0.3 is 11.9 Å². The van der Waals surface area contributed by atoms with Crippen molar-refractivity contribution in [1.29, 1.82) is 0 Å². The number of amides is 1. The third kappa shape index (κ3) is 12.6. The average Bonchev–Trinajstić information content (AvgIpc) is 2.90. The predicted octanol–water partition coefficient (Wildman–Crippen LogP) is 7.22. The standard InChI is InChI=1S/C36H53NO8Si/c1-34(2,3)44-30(38)23-28(33(40)45-35(4,5)6)27(32(37)39)22-26-18-15-19-29(42-24-25-16-13-12-14-17-25)31(26)41-20-21-43-46(10,11)36(7,8)9/h12-19,22,28H,20-21,23-24H2,1-11H3,(H2,37,39)/b27-22+. The smallest absolute Gasteiger partial charge is 0.314 e. The second kappa shape index (κ2) is 15.8. The van der Waals surface area contributed by atoms with E-state index in [1.54, 1.807) is 59.7 Å². The first-order chi connectivity index (χ1) is 21.1. The van der Waals surface area contributed by atoms with Crippen LogP contribution >= 0.6 is 0 Å². The Morgan fingerprint density at radius 3 is 1.96 bits per heavy atom. The number of ether oxygens (including phenoxy) is 4. The van der Waals surface area contributed by atoms with E-state index in [1.807, 2.05) is 30.3 Å². The number of para-hydroxylation sites is 1. The van der Waals surface area contributed by atoms with Crippen LogP contribution in [0.3, 0.4) is 0 Å². The van der Waals surface area contributed by atoms with E-state index in [9.17, 15) is 14.4 Å². The molecule has 2 N–H and O–H groups in total. The minimum absolute atomic E-state index is 0.0266. The van der Waals surface area contributed by atoms with Gasteiger partial charge in [0, 0.05) is 11.1 Å². The van der Waals surface area contributed by atoms with E-state index >= 15 is 0 Å². The number of esters is 2. The summed E-state index contributed by atoms with van der Waals surface area (Å²) < 4.78 is 29.9. The van der Waals surface area contributed by atoms with Gasteiger partial charge in [-0.2, -0.15) is 0 Å². The van der Waals surface area contributed by atoms with Crippen LogP contribution in [-0.4, -0.2) is 50.6 Å². The number of primary amides is 1. The molecule has 2 aromatic carbocycles. The highest BCUT2D eigenvalue weighted by atomic mass is 28.4. The summed E-state index contributed by atoms with van der Waals surface area (Å²) >= 11 is 0. The van der Waals surface area contributed by atoms with Gasteiger partial charge in [-0.25, -0.2) is 0 Å². The number of benzene rings is 2. The molecule has 0 aromatic heterocycles. The number of carbonyl (C=O) groups is 3. The van der Waals surface area contributed by atoms with E-state index < -0.39 is 49.7 Å². The summed E-state index contributed by atoms with van der Waals surface area (Å²) in [6.07, 6.45) is 1.02. The highest BCUT2D eigenvalue weighted by Crippen LogP contribution is 2.37. The van der Waals surface area contributed by atoms with Gasteiger partial charge in [-0.05, 0) is 77.4 Å². The lowest BCUT2D eigenvalue weighted by molar-refractivity contribution is -0.166. The van der Waals surface area contributed by atoms with Gasteiger partial charge in [0.1, 0.15) is 24.4 Å². The quantitative estimate of drug-likeness (QED) is 0.0979. The number of nitrogens with two attached hydrogens (primary N) is 1. The Bertz CT molecular complexity index is 1370. The van der Waals surface area contributed by atoms with Crippen LogP contribution in [0.25, 0.3) is 6.08 Å². The largest absolute Gasteiger partial charge is 0.487 e. The molecule has 0 spiro atoms. The van der Waals surface area contributed by atoms with Gasteiger partial charge < -0.3 is 29.1 Å².